The van der Waals surface area contributed by atoms with Crippen LogP contribution in [0.15, 0.2) is 0 Å². The maximum absolute atomic E-state index is 3.89. The third-order valence-corrected chi connectivity index (χ3v) is 3.86. The highest BCUT2D eigenvalue weighted by Gasteiger charge is 2.29. The molecule has 0 bridgehead atoms. The minimum atomic E-state index is 0.424. The first-order chi connectivity index (χ1) is 6.79. The fraction of sp³-hybridized carbons (Fsp3) is 1.00. The van der Waals surface area contributed by atoms with Crippen molar-refractivity contribution in [3.05, 3.63) is 0 Å². The van der Waals surface area contributed by atoms with Crippen LogP contribution in [0.1, 0.15) is 51.9 Å². The van der Waals surface area contributed by atoms with Gasteiger partial charge in [-0.05, 0) is 45.7 Å². The molecule has 0 aromatic heterocycles. The second-order valence-electron chi connectivity index (χ2n) is 5.29. The van der Waals surface area contributed by atoms with Crippen molar-refractivity contribution in [2.24, 2.45) is 0 Å². The molecule has 0 radical (unpaired) electrons. The minimum absolute atomic E-state index is 0.424. The van der Waals surface area contributed by atoms with E-state index in [0.29, 0.717) is 5.54 Å². The summed E-state index contributed by atoms with van der Waals surface area (Å²) >= 11 is 0. The summed E-state index contributed by atoms with van der Waals surface area (Å²) in [7, 11) is 0. The van der Waals surface area contributed by atoms with Gasteiger partial charge in [0.2, 0.25) is 0 Å². The first-order valence-corrected chi connectivity index (χ1v) is 6.27. The first-order valence-electron chi connectivity index (χ1n) is 6.27. The third kappa shape index (κ3) is 2.71. The van der Waals surface area contributed by atoms with E-state index in [1.165, 1.54) is 58.0 Å². The Hall–Kier alpha value is -0.0800. The van der Waals surface area contributed by atoms with Gasteiger partial charge in [0.05, 0.1) is 0 Å². The summed E-state index contributed by atoms with van der Waals surface area (Å²) in [5.74, 6) is 0. The van der Waals surface area contributed by atoms with Crippen LogP contribution >= 0.6 is 0 Å². The van der Waals surface area contributed by atoms with Crippen molar-refractivity contribution < 1.29 is 0 Å². The number of rotatable bonds is 2. The molecule has 2 fully saturated rings. The molecule has 2 N–H and O–H groups in total. The number of hydrogen-bond donors (Lipinski definition) is 2. The van der Waals surface area contributed by atoms with Crippen LogP contribution in [0.3, 0.4) is 0 Å². The summed E-state index contributed by atoms with van der Waals surface area (Å²) in [5.41, 5.74) is 0.424. The number of hydrogen-bond acceptors (Lipinski definition) is 2. The molecule has 1 heterocycles. The zero-order valence-electron chi connectivity index (χ0n) is 9.44. The molecule has 0 atom stereocenters. The van der Waals surface area contributed by atoms with E-state index < -0.39 is 0 Å². The highest BCUT2D eigenvalue weighted by atomic mass is 15.0. The lowest BCUT2D eigenvalue weighted by atomic mass is 9.87. The van der Waals surface area contributed by atoms with Crippen molar-refractivity contribution in [1.82, 2.24) is 10.6 Å². The van der Waals surface area contributed by atoms with Crippen LogP contribution < -0.4 is 10.6 Å². The maximum Gasteiger partial charge on any atom is 0.0180 e. The molecule has 1 aliphatic carbocycles. The zero-order chi connectivity index (χ0) is 9.86. The Morgan fingerprint density at radius 2 is 1.71 bits per heavy atom. The summed E-state index contributed by atoms with van der Waals surface area (Å²) < 4.78 is 0. The van der Waals surface area contributed by atoms with Gasteiger partial charge in [0.25, 0.3) is 0 Å². The van der Waals surface area contributed by atoms with Gasteiger partial charge in [-0.2, -0.15) is 0 Å². The van der Waals surface area contributed by atoms with E-state index in [1.807, 2.05) is 0 Å². The third-order valence-electron chi connectivity index (χ3n) is 3.86. The number of nitrogens with one attached hydrogen (secondary N) is 2. The lowest BCUT2D eigenvalue weighted by Crippen LogP contribution is -2.54. The van der Waals surface area contributed by atoms with Crippen molar-refractivity contribution in [1.29, 1.82) is 0 Å². The van der Waals surface area contributed by atoms with Crippen molar-refractivity contribution >= 4 is 0 Å². The normalized spacial score (nSPS) is 28.9. The smallest absolute Gasteiger partial charge is 0.0180 e. The van der Waals surface area contributed by atoms with E-state index in [1.54, 1.807) is 0 Å². The van der Waals surface area contributed by atoms with Crippen LogP contribution in [0.25, 0.3) is 0 Å². The van der Waals surface area contributed by atoms with Crippen LogP contribution in [-0.2, 0) is 0 Å². The fourth-order valence-electron chi connectivity index (χ4n) is 2.86. The SMILES string of the molecule is CC1(NC2CCCCC2)CCNCC1. The predicted octanol–water partition coefficient (Wildman–Crippen LogP) is 2.05. The summed E-state index contributed by atoms with van der Waals surface area (Å²) in [4.78, 5) is 0. The molecule has 2 rings (SSSR count). The Bertz CT molecular complexity index is 167. The van der Waals surface area contributed by atoms with Crippen molar-refractivity contribution in [2.75, 3.05) is 13.1 Å². The molecule has 1 saturated carbocycles. The molecule has 14 heavy (non-hydrogen) atoms. The Labute approximate surface area is 87.8 Å². The molecule has 2 aliphatic rings. The standard InChI is InChI=1S/C12H24N2/c1-12(7-9-13-10-8-12)14-11-5-3-2-4-6-11/h11,13-14H,2-10H2,1H3. The molecular weight excluding hydrogens is 172 g/mol. The van der Waals surface area contributed by atoms with E-state index in [9.17, 15) is 0 Å². The first kappa shape index (κ1) is 10.4. The van der Waals surface area contributed by atoms with E-state index in [-0.39, 0.29) is 0 Å². The van der Waals surface area contributed by atoms with Crippen LogP contribution in [0, 0.1) is 0 Å². The molecule has 2 heteroatoms. The van der Waals surface area contributed by atoms with Gasteiger partial charge in [-0.25, -0.2) is 0 Å². The Morgan fingerprint density at radius 3 is 2.36 bits per heavy atom. The highest BCUT2D eigenvalue weighted by molar-refractivity contribution is 4.91. The minimum Gasteiger partial charge on any atom is -0.317 e. The average molecular weight is 196 g/mol. The quantitative estimate of drug-likeness (QED) is 0.706. The molecule has 1 aliphatic heterocycles. The average Bonchev–Trinajstić information content (AvgIpc) is 2.19. The molecule has 0 unspecified atom stereocenters. The van der Waals surface area contributed by atoms with Gasteiger partial charge < -0.3 is 10.6 Å². The van der Waals surface area contributed by atoms with Gasteiger partial charge >= 0.3 is 0 Å². The fourth-order valence-corrected chi connectivity index (χ4v) is 2.86. The lowest BCUT2D eigenvalue weighted by molar-refractivity contribution is 0.214. The van der Waals surface area contributed by atoms with Crippen molar-refractivity contribution in [2.45, 2.75) is 63.5 Å². The zero-order valence-corrected chi connectivity index (χ0v) is 9.44. The Morgan fingerprint density at radius 1 is 1.07 bits per heavy atom. The predicted molar refractivity (Wildman–Crippen MR) is 60.5 cm³/mol. The van der Waals surface area contributed by atoms with Gasteiger partial charge in [-0.1, -0.05) is 19.3 Å². The Kier molecular flexibility index (Phi) is 3.45. The monoisotopic (exact) mass is 196 g/mol. The molecule has 0 amide bonds. The molecule has 0 spiro atoms. The van der Waals surface area contributed by atoms with Gasteiger partial charge in [-0.3, -0.25) is 0 Å². The summed E-state index contributed by atoms with van der Waals surface area (Å²) in [6.45, 7) is 4.79. The van der Waals surface area contributed by atoms with Crippen molar-refractivity contribution in [3.63, 3.8) is 0 Å². The summed E-state index contributed by atoms with van der Waals surface area (Å²) in [6, 6.07) is 0.812. The maximum atomic E-state index is 3.89. The van der Waals surface area contributed by atoms with Crippen LogP contribution in [-0.4, -0.2) is 24.7 Å². The van der Waals surface area contributed by atoms with E-state index in [0.717, 1.165) is 6.04 Å². The summed E-state index contributed by atoms with van der Waals surface area (Å²) in [6.07, 6.45) is 9.73. The summed E-state index contributed by atoms with van der Waals surface area (Å²) in [5, 5.41) is 7.33. The molecule has 2 nitrogen and oxygen atoms in total. The van der Waals surface area contributed by atoms with Gasteiger partial charge in [0, 0.05) is 11.6 Å². The van der Waals surface area contributed by atoms with E-state index >= 15 is 0 Å². The lowest BCUT2D eigenvalue weighted by Gasteiger charge is -2.39. The van der Waals surface area contributed by atoms with Gasteiger partial charge in [0.1, 0.15) is 0 Å². The molecule has 0 aromatic rings. The molecule has 0 aromatic carbocycles. The Balaban J connectivity index is 1.81. The molecule has 1 saturated heterocycles. The number of piperidine rings is 1. The van der Waals surface area contributed by atoms with Crippen LogP contribution in [0.2, 0.25) is 0 Å². The van der Waals surface area contributed by atoms with E-state index in [4.69, 9.17) is 0 Å². The van der Waals surface area contributed by atoms with Crippen LogP contribution in [0.4, 0.5) is 0 Å². The largest absolute Gasteiger partial charge is 0.317 e. The van der Waals surface area contributed by atoms with Gasteiger partial charge in [-0.15, -0.1) is 0 Å². The van der Waals surface area contributed by atoms with Crippen molar-refractivity contribution in [3.8, 4) is 0 Å². The van der Waals surface area contributed by atoms with E-state index in [2.05, 4.69) is 17.6 Å². The second kappa shape index (κ2) is 4.63. The topological polar surface area (TPSA) is 24.1 Å². The molecular formula is C12H24N2. The molecule has 82 valence electrons. The highest BCUT2D eigenvalue weighted by Crippen LogP contribution is 2.24. The second-order valence-corrected chi connectivity index (χ2v) is 5.29. The van der Waals surface area contributed by atoms with Crippen LogP contribution in [0.5, 0.6) is 0 Å². The van der Waals surface area contributed by atoms with Gasteiger partial charge in [0.15, 0.2) is 0 Å².